The highest BCUT2D eigenvalue weighted by atomic mass is 79.9. The molecule has 0 aliphatic heterocycles. The minimum atomic E-state index is -0.354. The molecule has 1 aromatic rings. The molecule has 0 aliphatic carbocycles. The van der Waals surface area contributed by atoms with Crippen LogP contribution in [0.1, 0.15) is 36.7 Å². The Morgan fingerprint density at radius 3 is 2.43 bits per heavy atom. The monoisotopic (exact) mass is 255 g/mol. The summed E-state index contributed by atoms with van der Waals surface area (Å²) in [5, 5.41) is 0. The van der Waals surface area contributed by atoms with Crippen molar-refractivity contribution < 1.29 is 4.79 Å². The van der Waals surface area contributed by atoms with Crippen molar-refractivity contribution >= 4 is 21.7 Å². The highest BCUT2D eigenvalue weighted by Crippen LogP contribution is 2.25. The van der Waals surface area contributed by atoms with Crippen molar-refractivity contribution in [3.8, 4) is 0 Å². The first-order valence-corrected chi connectivity index (χ1v) is 5.28. The van der Waals surface area contributed by atoms with Crippen molar-refractivity contribution in [3.63, 3.8) is 0 Å². The van der Waals surface area contributed by atoms with E-state index in [0.717, 1.165) is 10.0 Å². The summed E-state index contributed by atoms with van der Waals surface area (Å²) in [5.74, 6) is 0.129. The van der Waals surface area contributed by atoms with Gasteiger partial charge in [-0.3, -0.25) is 9.78 Å². The first-order valence-electron chi connectivity index (χ1n) is 4.49. The van der Waals surface area contributed by atoms with E-state index in [9.17, 15) is 4.79 Å². The molecule has 0 aromatic carbocycles. The van der Waals surface area contributed by atoms with E-state index in [0.29, 0.717) is 5.56 Å². The summed E-state index contributed by atoms with van der Waals surface area (Å²) in [7, 11) is 0. The average Bonchev–Trinajstić information content (AvgIpc) is 2.07. The Balaban J connectivity index is 3.21. The third-order valence-electron chi connectivity index (χ3n) is 2.08. The normalized spacial score (nSPS) is 11.5. The Morgan fingerprint density at radius 2 is 1.93 bits per heavy atom. The molecule has 0 saturated carbocycles. The van der Waals surface area contributed by atoms with Gasteiger partial charge in [0.05, 0.1) is 0 Å². The largest absolute Gasteiger partial charge is 0.294 e. The number of hydrogen-bond donors (Lipinski definition) is 0. The van der Waals surface area contributed by atoms with Gasteiger partial charge in [0.2, 0.25) is 0 Å². The minimum absolute atomic E-state index is 0.129. The Labute approximate surface area is 92.9 Å². The van der Waals surface area contributed by atoms with Crippen molar-refractivity contribution in [3.05, 3.63) is 28.0 Å². The molecule has 2 nitrogen and oxygen atoms in total. The summed E-state index contributed by atoms with van der Waals surface area (Å²) in [6, 6.07) is 0. The molecular formula is C11H14BrNO. The fourth-order valence-corrected chi connectivity index (χ4v) is 1.46. The second kappa shape index (κ2) is 3.81. The zero-order valence-electron chi connectivity index (χ0n) is 8.89. The lowest BCUT2D eigenvalue weighted by Crippen LogP contribution is -2.21. The maximum Gasteiger partial charge on any atom is 0.170 e. The van der Waals surface area contributed by atoms with Gasteiger partial charge < -0.3 is 0 Å². The van der Waals surface area contributed by atoms with Gasteiger partial charge in [0.15, 0.2) is 5.78 Å². The molecule has 0 spiro atoms. The molecule has 1 aromatic heterocycles. The molecule has 0 aliphatic rings. The number of pyridine rings is 1. The molecule has 1 heterocycles. The molecule has 0 atom stereocenters. The number of ketones is 1. The fraction of sp³-hybridized carbons (Fsp3) is 0.455. The van der Waals surface area contributed by atoms with E-state index in [1.807, 2.05) is 27.7 Å². The predicted octanol–water partition coefficient (Wildman–Crippen LogP) is 3.38. The number of hydrogen-bond acceptors (Lipinski definition) is 2. The van der Waals surface area contributed by atoms with Crippen LogP contribution in [0.4, 0.5) is 0 Å². The van der Waals surface area contributed by atoms with Crippen molar-refractivity contribution in [1.82, 2.24) is 4.98 Å². The molecule has 0 saturated heterocycles. The number of halogens is 1. The maximum absolute atomic E-state index is 12.0. The highest BCUT2D eigenvalue weighted by molar-refractivity contribution is 9.10. The second-order valence-electron chi connectivity index (χ2n) is 4.37. The molecule has 0 radical (unpaired) electrons. The molecule has 76 valence electrons. The van der Waals surface area contributed by atoms with Crippen LogP contribution >= 0.6 is 15.9 Å². The van der Waals surface area contributed by atoms with Crippen LogP contribution in [0, 0.1) is 12.3 Å². The van der Waals surface area contributed by atoms with Gasteiger partial charge in [-0.15, -0.1) is 0 Å². The van der Waals surface area contributed by atoms with Crippen LogP contribution in [-0.4, -0.2) is 10.8 Å². The van der Waals surface area contributed by atoms with Crippen LogP contribution in [0.2, 0.25) is 0 Å². The average molecular weight is 256 g/mol. The third-order valence-corrected chi connectivity index (χ3v) is 2.88. The molecule has 0 fully saturated rings. The topological polar surface area (TPSA) is 30.0 Å². The third kappa shape index (κ3) is 2.21. The van der Waals surface area contributed by atoms with Gasteiger partial charge in [0, 0.05) is 27.8 Å². The summed E-state index contributed by atoms with van der Waals surface area (Å²) < 4.78 is 0.882. The van der Waals surface area contributed by atoms with Crippen molar-refractivity contribution in [2.45, 2.75) is 27.7 Å². The van der Waals surface area contributed by atoms with Crippen molar-refractivity contribution in [1.29, 1.82) is 0 Å². The van der Waals surface area contributed by atoms with E-state index in [1.165, 1.54) is 0 Å². The van der Waals surface area contributed by atoms with Crippen LogP contribution in [0.15, 0.2) is 16.9 Å². The number of aromatic nitrogens is 1. The number of Topliss-reactive ketones (excluding diaryl/α,β-unsaturated/α-hetero) is 1. The van der Waals surface area contributed by atoms with Crippen LogP contribution in [0.25, 0.3) is 0 Å². The van der Waals surface area contributed by atoms with E-state index in [-0.39, 0.29) is 11.2 Å². The van der Waals surface area contributed by atoms with E-state index < -0.39 is 0 Å². The smallest absolute Gasteiger partial charge is 0.170 e. The molecule has 0 bridgehead atoms. The number of nitrogens with zero attached hydrogens (tertiary/aromatic N) is 1. The van der Waals surface area contributed by atoms with Gasteiger partial charge in [-0.2, -0.15) is 0 Å². The highest BCUT2D eigenvalue weighted by Gasteiger charge is 2.24. The lowest BCUT2D eigenvalue weighted by Gasteiger charge is -2.17. The first-order chi connectivity index (χ1) is 6.34. The van der Waals surface area contributed by atoms with Gasteiger partial charge in [-0.25, -0.2) is 0 Å². The summed E-state index contributed by atoms with van der Waals surface area (Å²) in [5.41, 5.74) is 1.31. The van der Waals surface area contributed by atoms with Gasteiger partial charge in [0.1, 0.15) is 0 Å². The van der Waals surface area contributed by atoms with Gasteiger partial charge >= 0.3 is 0 Å². The Kier molecular flexibility index (Phi) is 3.10. The minimum Gasteiger partial charge on any atom is -0.294 e. The number of carbonyl (C=O) groups excluding carboxylic acids is 1. The SMILES string of the molecule is Cc1c(Br)cncc1C(=O)C(C)(C)C. The number of rotatable bonds is 1. The molecular weight excluding hydrogens is 242 g/mol. The number of carbonyl (C=O) groups is 1. The first kappa shape index (κ1) is 11.4. The van der Waals surface area contributed by atoms with Crippen molar-refractivity contribution in [2.24, 2.45) is 5.41 Å². The molecule has 14 heavy (non-hydrogen) atoms. The lowest BCUT2D eigenvalue weighted by atomic mass is 9.86. The summed E-state index contributed by atoms with van der Waals surface area (Å²) in [6.45, 7) is 7.66. The van der Waals surface area contributed by atoms with E-state index in [4.69, 9.17) is 0 Å². The molecule has 0 unspecified atom stereocenters. The van der Waals surface area contributed by atoms with Crippen LogP contribution in [0.3, 0.4) is 0 Å². The quantitative estimate of drug-likeness (QED) is 0.721. The van der Waals surface area contributed by atoms with E-state index in [1.54, 1.807) is 12.4 Å². The van der Waals surface area contributed by atoms with Crippen LogP contribution < -0.4 is 0 Å². The van der Waals surface area contributed by atoms with Crippen LogP contribution in [0.5, 0.6) is 0 Å². The Morgan fingerprint density at radius 1 is 1.36 bits per heavy atom. The Bertz CT molecular complexity index is 366. The molecule has 0 N–H and O–H groups in total. The Hall–Kier alpha value is -0.700. The maximum atomic E-state index is 12.0. The lowest BCUT2D eigenvalue weighted by molar-refractivity contribution is 0.0857. The molecule has 3 heteroatoms. The molecule has 1 rings (SSSR count). The zero-order chi connectivity index (χ0) is 10.9. The zero-order valence-corrected chi connectivity index (χ0v) is 10.5. The van der Waals surface area contributed by atoms with Gasteiger partial charge in [-0.05, 0) is 28.4 Å². The summed E-state index contributed by atoms with van der Waals surface area (Å²) in [6.07, 6.45) is 3.34. The predicted molar refractivity (Wildman–Crippen MR) is 60.5 cm³/mol. The van der Waals surface area contributed by atoms with E-state index in [2.05, 4.69) is 20.9 Å². The standard InChI is InChI=1S/C11H14BrNO/c1-7-8(5-13-6-9(7)12)10(14)11(2,3)4/h5-6H,1-4H3. The fourth-order valence-electron chi connectivity index (χ4n) is 1.13. The van der Waals surface area contributed by atoms with Gasteiger partial charge in [0.25, 0.3) is 0 Å². The second-order valence-corrected chi connectivity index (χ2v) is 5.23. The van der Waals surface area contributed by atoms with Crippen molar-refractivity contribution in [2.75, 3.05) is 0 Å². The summed E-state index contributed by atoms with van der Waals surface area (Å²) >= 11 is 3.37. The van der Waals surface area contributed by atoms with Crippen LogP contribution in [-0.2, 0) is 0 Å². The molecule has 0 amide bonds. The van der Waals surface area contributed by atoms with E-state index >= 15 is 0 Å². The summed E-state index contributed by atoms with van der Waals surface area (Å²) in [4.78, 5) is 16.0. The van der Waals surface area contributed by atoms with Gasteiger partial charge in [-0.1, -0.05) is 20.8 Å².